The standard InChI is InChI=1S/C16H29N2O6PS/c1-4-5-6-7-8-12-26(22,23)18-15(14-10-9-11-17-13-14)16(2,3)24-25(19,20)21/h9-11,13,15,18H,4-8,12H2,1-3H3,(H2,19,20,21). The predicted octanol–water partition coefficient (Wildman–Crippen LogP) is 2.90. The number of sulfonamides is 1. The Morgan fingerprint density at radius 2 is 1.92 bits per heavy atom. The van der Waals surface area contributed by atoms with Crippen LogP contribution < -0.4 is 4.72 Å². The van der Waals surface area contributed by atoms with Crippen LogP contribution in [0.5, 0.6) is 0 Å². The largest absolute Gasteiger partial charge is 0.470 e. The van der Waals surface area contributed by atoms with E-state index in [1.165, 1.54) is 26.2 Å². The molecule has 26 heavy (non-hydrogen) atoms. The first-order chi connectivity index (χ1) is 12.0. The lowest BCUT2D eigenvalue weighted by molar-refractivity contribution is 0.0375. The SMILES string of the molecule is CCCCCCCS(=O)(=O)NC(c1cccnc1)C(C)(C)OP(=O)(O)O. The van der Waals surface area contributed by atoms with E-state index in [0.717, 1.165) is 25.7 Å². The molecular weight excluding hydrogens is 379 g/mol. The Hall–Kier alpha value is -0.830. The molecule has 0 radical (unpaired) electrons. The molecule has 0 aliphatic rings. The molecule has 0 saturated carbocycles. The van der Waals surface area contributed by atoms with Gasteiger partial charge in [-0.05, 0) is 31.9 Å². The molecule has 0 spiro atoms. The summed E-state index contributed by atoms with van der Waals surface area (Å²) in [6.45, 7) is 4.93. The van der Waals surface area contributed by atoms with Crippen molar-refractivity contribution in [3.8, 4) is 0 Å². The average molecular weight is 408 g/mol. The molecule has 0 saturated heterocycles. The molecule has 8 nitrogen and oxygen atoms in total. The third-order valence-electron chi connectivity index (χ3n) is 3.88. The van der Waals surface area contributed by atoms with Gasteiger partial charge in [0, 0.05) is 12.4 Å². The zero-order valence-corrected chi connectivity index (χ0v) is 17.2. The Balaban J connectivity index is 2.94. The van der Waals surface area contributed by atoms with E-state index in [0.29, 0.717) is 12.0 Å². The van der Waals surface area contributed by atoms with Gasteiger partial charge < -0.3 is 9.79 Å². The minimum Gasteiger partial charge on any atom is -0.303 e. The number of aromatic nitrogens is 1. The van der Waals surface area contributed by atoms with Gasteiger partial charge in [0.15, 0.2) is 0 Å². The summed E-state index contributed by atoms with van der Waals surface area (Å²) in [5.41, 5.74) is -1.03. The molecule has 1 aromatic rings. The second-order valence-corrected chi connectivity index (χ2v) is 9.79. The highest BCUT2D eigenvalue weighted by atomic mass is 32.2. The minimum atomic E-state index is -4.82. The molecule has 1 rings (SSSR count). The highest BCUT2D eigenvalue weighted by Gasteiger charge is 2.40. The molecular formula is C16H29N2O6PS. The molecule has 150 valence electrons. The number of phosphoric acid groups is 1. The van der Waals surface area contributed by atoms with Gasteiger partial charge in [0.25, 0.3) is 0 Å². The molecule has 1 atom stereocenters. The van der Waals surface area contributed by atoms with Gasteiger partial charge in [-0.2, -0.15) is 0 Å². The first-order valence-corrected chi connectivity index (χ1v) is 11.8. The van der Waals surface area contributed by atoms with Crippen molar-refractivity contribution in [2.45, 2.75) is 64.5 Å². The Morgan fingerprint density at radius 3 is 2.46 bits per heavy atom. The summed E-state index contributed by atoms with van der Waals surface area (Å²) in [6.07, 6.45) is 7.42. The Labute approximate surface area is 155 Å². The maximum atomic E-state index is 12.5. The van der Waals surface area contributed by atoms with Crippen LogP contribution in [0.25, 0.3) is 0 Å². The molecule has 0 aliphatic carbocycles. The quantitative estimate of drug-likeness (QED) is 0.359. The molecule has 1 heterocycles. The van der Waals surface area contributed by atoms with E-state index in [2.05, 4.69) is 16.6 Å². The van der Waals surface area contributed by atoms with Crippen LogP contribution in [0.2, 0.25) is 0 Å². The summed E-state index contributed by atoms with van der Waals surface area (Å²) < 4.78 is 43.6. The lowest BCUT2D eigenvalue weighted by Gasteiger charge is -2.34. The zero-order valence-electron chi connectivity index (χ0n) is 15.5. The number of hydrogen-bond donors (Lipinski definition) is 3. The first kappa shape index (κ1) is 23.2. The summed E-state index contributed by atoms with van der Waals surface area (Å²) in [4.78, 5) is 22.3. The zero-order chi connectivity index (χ0) is 19.8. The lowest BCUT2D eigenvalue weighted by atomic mass is 9.94. The van der Waals surface area contributed by atoms with E-state index in [9.17, 15) is 13.0 Å². The number of phosphoric ester groups is 1. The number of pyridine rings is 1. The van der Waals surface area contributed by atoms with Gasteiger partial charge in [0.05, 0.1) is 17.4 Å². The van der Waals surface area contributed by atoms with Gasteiger partial charge >= 0.3 is 7.82 Å². The summed E-state index contributed by atoms with van der Waals surface area (Å²) in [6, 6.07) is 2.26. The molecule has 0 amide bonds. The molecule has 0 bridgehead atoms. The van der Waals surface area contributed by atoms with Crippen LogP contribution in [0.4, 0.5) is 0 Å². The third kappa shape index (κ3) is 8.70. The van der Waals surface area contributed by atoms with E-state index in [1.807, 2.05) is 0 Å². The van der Waals surface area contributed by atoms with Crippen molar-refractivity contribution >= 4 is 17.8 Å². The van der Waals surface area contributed by atoms with Gasteiger partial charge in [-0.3, -0.25) is 9.51 Å². The predicted molar refractivity (Wildman–Crippen MR) is 99.9 cm³/mol. The fraction of sp³-hybridized carbons (Fsp3) is 0.688. The number of nitrogens with one attached hydrogen (secondary N) is 1. The van der Waals surface area contributed by atoms with Crippen molar-refractivity contribution in [1.82, 2.24) is 9.71 Å². The molecule has 1 aromatic heterocycles. The second kappa shape index (κ2) is 9.92. The summed E-state index contributed by atoms with van der Waals surface area (Å²) in [5.74, 6) is -0.0561. The van der Waals surface area contributed by atoms with Crippen molar-refractivity contribution in [3.05, 3.63) is 30.1 Å². The van der Waals surface area contributed by atoms with Crippen molar-refractivity contribution in [3.63, 3.8) is 0 Å². The van der Waals surface area contributed by atoms with Gasteiger partial charge in [-0.15, -0.1) is 0 Å². The summed E-state index contributed by atoms with van der Waals surface area (Å²) in [5, 5.41) is 0. The highest BCUT2D eigenvalue weighted by Crippen LogP contribution is 2.45. The van der Waals surface area contributed by atoms with E-state index in [1.54, 1.807) is 12.1 Å². The first-order valence-electron chi connectivity index (χ1n) is 8.63. The molecule has 0 aliphatic heterocycles. The minimum absolute atomic E-state index is 0.0561. The number of rotatable bonds is 12. The fourth-order valence-corrected chi connectivity index (χ4v) is 4.85. The second-order valence-electron chi connectivity index (χ2n) is 6.76. The van der Waals surface area contributed by atoms with Crippen LogP contribution in [0.3, 0.4) is 0 Å². The fourth-order valence-electron chi connectivity index (χ4n) is 2.65. The maximum Gasteiger partial charge on any atom is 0.470 e. The van der Waals surface area contributed by atoms with Gasteiger partial charge in [0.1, 0.15) is 0 Å². The molecule has 3 N–H and O–H groups in total. The Bertz CT molecular complexity index is 690. The van der Waals surface area contributed by atoms with E-state index >= 15 is 0 Å². The summed E-state index contributed by atoms with van der Waals surface area (Å²) >= 11 is 0. The van der Waals surface area contributed by atoms with Crippen LogP contribution >= 0.6 is 7.82 Å². The smallest absolute Gasteiger partial charge is 0.303 e. The van der Waals surface area contributed by atoms with Gasteiger partial charge in [-0.25, -0.2) is 17.7 Å². The monoisotopic (exact) mass is 408 g/mol. The van der Waals surface area contributed by atoms with Crippen molar-refractivity contribution in [2.75, 3.05) is 5.75 Å². The van der Waals surface area contributed by atoms with Crippen molar-refractivity contribution < 1.29 is 27.3 Å². The maximum absolute atomic E-state index is 12.5. The number of hydrogen-bond acceptors (Lipinski definition) is 5. The van der Waals surface area contributed by atoms with Crippen LogP contribution in [0.15, 0.2) is 24.5 Å². The van der Waals surface area contributed by atoms with Crippen LogP contribution in [-0.2, 0) is 19.1 Å². The third-order valence-corrected chi connectivity index (χ3v) is 6.01. The normalized spacial score (nSPS) is 14.3. The van der Waals surface area contributed by atoms with E-state index in [4.69, 9.17) is 14.3 Å². The highest BCUT2D eigenvalue weighted by molar-refractivity contribution is 7.89. The lowest BCUT2D eigenvalue weighted by Crippen LogP contribution is -2.44. The topological polar surface area (TPSA) is 126 Å². The van der Waals surface area contributed by atoms with Crippen LogP contribution in [0.1, 0.15) is 64.5 Å². The van der Waals surface area contributed by atoms with Crippen LogP contribution in [0, 0.1) is 0 Å². The van der Waals surface area contributed by atoms with E-state index < -0.39 is 29.5 Å². The Kier molecular flexibility index (Phi) is 8.85. The van der Waals surface area contributed by atoms with Crippen molar-refractivity contribution in [1.29, 1.82) is 0 Å². The molecule has 10 heteroatoms. The molecule has 0 aromatic carbocycles. The molecule has 1 unspecified atom stereocenters. The Morgan fingerprint density at radius 1 is 1.27 bits per heavy atom. The number of nitrogens with zero attached hydrogens (tertiary/aromatic N) is 1. The summed E-state index contributed by atoms with van der Waals surface area (Å²) in [7, 11) is -8.48. The van der Waals surface area contributed by atoms with Crippen LogP contribution in [-0.4, -0.2) is 34.5 Å². The number of unbranched alkanes of at least 4 members (excludes halogenated alkanes) is 4. The van der Waals surface area contributed by atoms with E-state index in [-0.39, 0.29) is 5.75 Å². The van der Waals surface area contributed by atoms with Gasteiger partial charge in [-0.1, -0.05) is 38.7 Å². The average Bonchev–Trinajstić information content (AvgIpc) is 2.51. The van der Waals surface area contributed by atoms with Gasteiger partial charge in [0.2, 0.25) is 10.0 Å². The van der Waals surface area contributed by atoms with Crippen molar-refractivity contribution in [2.24, 2.45) is 0 Å². The molecule has 0 fully saturated rings.